The highest BCUT2D eigenvalue weighted by molar-refractivity contribution is 6.88. The van der Waals surface area contributed by atoms with Crippen molar-refractivity contribution in [1.29, 1.82) is 0 Å². The lowest BCUT2D eigenvalue weighted by atomic mass is 9.88. The molecule has 0 fully saturated rings. The average molecular weight is 375 g/mol. The van der Waals surface area contributed by atoms with Crippen LogP contribution in [0.1, 0.15) is 26.5 Å². The van der Waals surface area contributed by atoms with Crippen molar-refractivity contribution in [3.05, 3.63) is 54.4 Å². The maximum atomic E-state index is 6.45. The summed E-state index contributed by atoms with van der Waals surface area (Å²) in [6, 6.07) is 14.4. The van der Waals surface area contributed by atoms with E-state index in [9.17, 15) is 0 Å². The fourth-order valence-electron chi connectivity index (χ4n) is 3.47. The first kappa shape index (κ1) is 17.9. The molecule has 0 saturated heterocycles. The molecule has 3 aromatic heterocycles. The number of furan rings is 1. The first-order valence-corrected chi connectivity index (χ1v) is 12.9. The van der Waals surface area contributed by atoms with E-state index in [1.807, 2.05) is 24.4 Å². The summed E-state index contributed by atoms with van der Waals surface area (Å²) >= 11 is 0. The van der Waals surface area contributed by atoms with Crippen LogP contribution in [0.25, 0.3) is 33.2 Å². The van der Waals surface area contributed by atoms with Gasteiger partial charge in [0, 0.05) is 27.9 Å². The third-order valence-electron chi connectivity index (χ3n) is 4.90. The van der Waals surface area contributed by atoms with Crippen LogP contribution in [0.5, 0.6) is 0 Å². The van der Waals surface area contributed by atoms with Crippen molar-refractivity contribution in [2.45, 2.75) is 45.8 Å². The minimum atomic E-state index is -1.57. The summed E-state index contributed by atoms with van der Waals surface area (Å²) in [5, 5.41) is 3.45. The molecule has 0 spiro atoms. The molecule has 4 heteroatoms. The Balaban J connectivity index is 2.13. The van der Waals surface area contributed by atoms with Crippen LogP contribution in [0.4, 0.5) is 0 Å². The van der Waals surface area contributed by atoms with Gasteiger partial charge in [-0.2, -0.15) is 0 Å². The highest BCUT2D eigenvalue weighted by Crippen LogP contribution is 2.39. The number of hydrogen-bond donors (Lipinski definition) is 0. The van der Waals surface area contributed by atoms with Crippen LogP contribution in [0, 0.1) is 0 Å². The van der Waals surface area contributed by atoms with Gasteiger partial charge < -0.3 is 4.42 Å². The number of pyridine rings is 2. The molecular weight excluding hydrogens is 348 g/mol. The maximum absolute atomic E-state index is 6.45. The van der Waals surface area contributed by atoms with Gasteiger partial charge in [-0.05, 0) is 24.3 Å². The smallest absolute Gasteiger partial charge is 0.144 e. The fourth-order valence-corrected chi connectivity index (χ4v) is 4.48. The summed E-state index contributed by atoms with van der Waals surface area (Å²) in [6.07, 6.45) is 1.82. The molecule has 0 N–H and O–H groups in total. The van der Waals surface area contributed by atoms with Crippen LogP contribution in [0.2, 0.25) is 19.6 Å². The largest absolute Gasteiger partial charge is 0.455 e. The SMILES string of the molecule is CC(C)(C)c1nc([Si](C)(C)C)cc2oc3c(-c4ccccn4)cccc3c12. The Labute approximate surface area is 161 Å². The summed E-state index contributed by atoms with van der Waals surface area (Å²) in [4.78, 5) is 9.68. The Hall–Kier alpha value is -2.46. The molecule has 0 bridgehead atoms. The van der Waals surface area contributed by atoms with Gasteiger partial charge in [0.2, 0.25) is 0 Å². The van der Waals surface area contributed by atoms with Gasteiger partial charge in [-0.1, -0.05) is 58.6 Å². The monoisotopic (exact) mass is 374 g/mol. The second kappa shape index (κ2) is 6.03. The lowest BCUT2D eigenvalue weighted by molar-refractivity contribution is 0.575. The second-order valence-corrected chi connectivity index (χ2v) is 14.2. The van der Waals surface area contributed by atoms with Gasteiger partial charge in [0.25, 0.3) is 0 Å². The number of hydrogen-bond acceptors (Lipinski definition) is 3. The second-order valence-electron chi connectivity index (χ2n) is 9.23. The molecule has 4 rings (SSSR count). The zero-order valence-corrected chi connectivity index (χ0v) is 17.9. The average Bonchev–Trinajstić information content (AvgIpc) is 2.98. The van der Waals surface area contributed by atoms with E-state index in [-0.39, 0.29) is 5.41 Å². The molecular formula is C23H26N2OSi. The molecule has 138 valence electrons. The maximum Gasteiger partial charge on any atom is 0.144 e. The Morgan fingerprint density at radius 2 is 1.74 bits per heavy atom. The molecule has 3 heterocycles. The molecule has 1 aromatic carbocycles. The highest BCUT2D eigenvalue weighted by Gasteiger charge is 2.28. The summed E-state index contributed by atoms with van der Waals surface area (Å²) in [7, 11) is -1.57. The van der Waals surface area contributed by atoms with E-state index in [1.54, 1.807) is 0 Å². The highest BCUT2D eigenvalue weighted by atomic mass is 28.3. The van der Waals surface area contributed by atoms with Crippen molar-refractivity contribution in [1.82, 2.24) is 9.97 Å². The molecule has 0 atom stereocenters. The number of nitrogens with zero attached hydrogens (tertiary/aromatic N) is 2. The van der Waals surface area contributed by atoms with E-state index in [4.69, 9.17) is 9.40 Å². The number of para-hydroxylation sites is 1. The van der Waals surface area contributed by atoms with Gasteiger partial charge in [0.15, 0.2) is 0 Å². The Bertz CT molecular complexity index is 1130. The van der Waals surface area contributed by atoms with Crippen LogP contribution in [-0.2, 0) is 5.41 Å². The van der Waals surface area contributed by atoms with E-state index in [0.29, 0.717) is 0 Å². The summed E-state index contributed by atoms with van der Waals surface area (Å²) in [5.41, 5.74) is 4.84. The van der Waals surface area contributed by atoms with Gasteiger partial charge in [-0.3, -0.25) is 9.97 Å². The lowest BCUT2D eigenvalue weighted by Gasteiger charge is -2.23. The van der Waals surface area contributed by atoms with Gasteiger partial charge in [0.1, 0.15) is 19.2 Å². The van der Waals surface area contributed by atoms with Crippen molar-refractivity contribution in [2.24, 2.45) is 0 Å². The topological polar surface area (TPSA) is 38.9 Å². The van der Waals surface area contributed by atoms with Crippen molar-refractivity contribution >= 4 is 35.3 Å². The standard InChI is InChI=1S/C23H26N2OSi/c1-23(2,3)22-20-16-11-9-10-15(17-12-7-8-13-24-17)21(16)26-18(20)14-19(25-22)27(4,5)6/h7-14H,1-6H3. The molecule has 3 nitrogen and oxygen atoms in total. The third-order valence-corrected chi connectivity index (χ3v) is 6.69. The zero-order chi connectivity index (χ0) is 19.4. The molecule has 0 amide bonds. The van der Waals surface area contributed by atoms with Crippen molar-refractivity contribution < 1.29 is 4.42 Å². The molecule has 4 aromatic rings. The zero-order valence-electron chi connectivity index (χ0n) is 16.9. The Morgan fingerprint density at radius 3 is 2.37 bits per heavy atom. The quantitative estimate of drug-likeness (QED) is 0.411. The number of benzene rings is 1. The molecule has 27 heavy (non-hydrogen) atoms. The van der Waals surface area contributed by atoms with Crippen LogP contribution < -0.4 is 5.32 Å². The van der Waals surface area contributed by atoms with Crippen LogP contribution in [0.3, 0.4) is 0 Å². The molecule has 0 aliphatic carbocycles. The fraction of sp³-hybridized carbons (Fsp3) is 0.304. The minimum Gasteiger partial charge on any atom is -0.455 e. The van der Waals surface area contributed by atoms with Gasteiger partial charge in [-0.25, -0.2) is 0 Å². The Kier molecular flexibility index (Phi) is 4.00. The normalized spacial score (nSPS) is 12.8. The van der Waals surface area contributed by atoms with Crippen LogP contribution in [-0.4, -0.2) is 18.0 Å². The predicted molar refractivity (Wildman–Crippen MR) is 116 cm³/mol. The lowest BCUT2D eigenvalue weighted by Crippen LogP contribution is -2.41. The molecule has 0 aliphatic heterocycles. The summed E-state index contributed by atoms with van der Waals surface area (Å²) in [6.45, 7) is 13.7. The molecule has 0 saturated carbocycles. The number of aromatic nitrogens is 2. The molecule has 0 aliphatic rings. The number of fused-ring (bicyclic) bond motifs is 3. The van der Waals surface area contributed by atoms with Crippen LogP contribution in [0.15, 0.2) is 53.1 Å². The van der Waals surface area contributed by atoms with Gasteiger partial charge >= 0.3 is 0 Å². The van der Waals surface area contributed by atoms with Crippen LogP contribution >= 0.6 is 0 Å². The van der Waals surface area contributed by atoms with Gasteiger partial charge in [0.05, 0.1) is 16.8 Å². The van der Waals surface area contributed by atoms with Gasteiger partial charge in [-0.15, -0.1) is 0 Å². The van der Waals surface area contributed by atoms with E-state index in [0.717, 1.165) is 38.9 Å². The Morgan fingerprint density at radius 1 is 0.963 bits per heavy atom. The predicted octanol–water partition coefficient (Wildman–Crippen LogP) is 5.89. The third kappa shape index (κ3) is 3.08. The minimum absolute atomic E-state index is 0.0638. The van der Waals surface area contributed by atoms with E-state index in [1.165, 1.54) is 5.32 Å². The molecule has 0 unspecified atom stereocenters. The van der Waals surface area contributed by atoms with E-state index in [2.05, 4.69) is 69.7 Å². The summed E-state index contributed by atoms with van der Waals surface area (Å²) < 4.78 is 6.45. The van der Waals surface area contributed by atoms with Crippen molar-refractivity contribution in [3.8, 4) is 11.3 Å². The number of rotatable bonds is 2. The van der Waals surface area contributed by atoms with Crippen molar-refractivity contribution in [3.63, 3.8) is 0 Å². The van der Waals surface area contributed by atoms with Crippen molar-refractivity contribution in [2.75, 3.05) is 0 Å². The first-order valence-electron chi connectivity index (χ1n) is 9.45. The van der Waals surface area contributed by atoms with E-state index >= 15 is 0 Å². The molecule has 0 radical (unpaired) electrons. The first-order chi connectivity index (χ1) is 12.7. The van der Waals surface area contributed by atoms with E-state index < -0.39 is 8.07 Å². The summed E-state index contributed by atoms with van der Waals surface area (Å²) in [5.74, 6) is 0.